The number of rotatable bonds is 5. The van der Waals surface area contributed by atoms with Crippen molar-refractivity contribution in [3.63, 3.8) is 0 Å². The summed E-state index contributed by atoms with van der Waals surface area (Å²) in [6, 6.07) is 10.3. The predicted molar refractivity (Wildman–Crippen MR) is 103 cm³/mol. The van der Waals surface area contributed by atoms with Crippen molar-refractivity contribution in [3.05, 3.63) is 41.6 Å². The van der Waals surface area contributed by atoms with Gasteiger partial charge in [-0.25, -0.2) is 0 Å². The van der Waals surface area contributed by atoms with Crippen molar-refractivity contribution in [1.29, 1.82) is 0 Å². The first kappa shape index (κ1) is 17.9. The highest BCUT2D eigenvalue weighted by Crippen LogP contribution is 2.45. The molecule has 0 fully saturated rings. The minimum Gasteiger partial charge on any atom is -0.273 e. The molecule has 0 saturated heterocycles. The van der Waals surface area contributed by atoms with Crippen LogP contribution in [0.15, 0.2) is 30.3 Å². The fourth-order valence-electron chi connectivity index (χ4n) is 4.05. The van der Waals surface area contributed by atoms with Gasteiger partial charge in [0.15, 0.2) is 0 Å². The Hall–Kier alpha value is -1.90. The maximum atomic E-state index is 12.9. The Labute approximate surface area is 151 Å². The molecule has 1 aromatic carbocycles. The fraction of sp³-hybridized carbons (Fsp3) is 0.545. The van der Waals surface area contributed by atoms with E-state index in [4.69, 9.17) is 5.10 Å². The van der Waals surface area contributed by atoms with Crippen LogP contribution in [-0.4, -0.2) is 15.7 Å². The summed E-state index contributed by atoms with van der Waals surface area (Å²) in [5, 5.41) is 4.90. The first-order chi connectivity index (χ1) is 12.0. The molecule has 0 bridgehead atoms. The van der Waals surface area contributed by atoms with Crippen molar-refractivity contribution < 1.29 is 4.79 Å². The average Bonchev–Trinajstić information content (AvgIpc) is 3.01. The number of carbonyl (C=O) groups is 1. The number of unbranched alkanes of at least 4 members (excludes halogenated alkanes) is 1. The highest BCUT2D eigenvalue weighted by Gasteiger charge is 2.34. The monoisotopic (exact) mass is 338 g/mol. The second-order valence-electron chi connectivity index (χ2n) is 7.75. The van der Waals surface area contributed by atoms with Gasteiger partial charge in [-0.2, -0.15) is 9.78 Å². The van der Waals surface area contributed by atoms with Crippen LogP contribution in [0.2, 0.25) is 0 Å². The van der Waals surface area contributed by atoms with Crippen molar-refractivity contribution in [2.24, 2.45) is 5.92 Å². The van der Waals surface area contributed by atoms with E-state index in [0.717, 1.165) is 29.8 Å². The standard InChI is InChI=1S/C22H30N2O/c1-5-6-12-19(25)24-22(17-10-8-7-9-11-17)20-16(4)13-14-18(15(2)3)21(20)23-24/h7-11,15-16,18H,5-6,12-14H2,1-4H3/t16-,18+/m1/s1. The van der Waals surface area contributed by atoms with E-state index in [1.807, 2.05) is 18.2 Å². The van der Waals surface area contributed by atoms with Crippen LogP contribution < -0.4 is 0 Å². The molecule has 3 nitrogen and oxygen atoms in total. The Balaban J connectivity index is 2.18. The molecule has 0 radical (unpaired) electrons. The summed E-state index contributed by atoms with van der Waals surface area (Å²) in [6.07, 6.45) is 4.85. The zero-order valence-electron chi connectivity index (χ0n) is 16.0. The maximum Gasteiger partial charge on any atom is 0.247 e. The smallest absolute Gasteiger partial charge is 0.247 e. The number of nitrogens with zero attached hydrogens (tertiary/aromatic N) is 2. The molecule has 0 amide bonds. The average molecular weight is 338 g/mol. The van der Waals surface area contributed by atoms with Gasteiger partial charge in [-0.1, -0.05) is 64.4 Å². The fourth-order valence-corrected chi connectivity index (χ4v) is 4.05. The zero-order valence-corrected chi connectivity index (χ0v) is 16.0. The second-order valence-corrected chi connectivity index (χ2v) is 7.75. The van der Waals surface area contributed by atoms with Gasteiger partial charge in [-0.3, -0.25) is 4.79 Å². The molecule has 1 aliphatic carbocycles. The van der Waals surface area contributed by atoms with Crippen LogP contribution >= 0.6 is 0 Å². The molecule has 1 aliphatic rings. The summed E-state index contributed by atoms with van der Waals surface area (Å²) in [7, 11) is 0. The molecule has 25 heavy (non-hydrogen) atoms. The molecule has 0 unspecified atom stereocenters. The summed E-state index contributed by atoms with van der Waals surface area (Å²) in [6.45, 7) is 8.94. The lowest BCUT2D eigenvalue weighted by atomic mass is 9.75. The summed E-state index contributed by atoms with van der Waals surface area (Å²) < 4.78 is 1.73. The van der Waals surface area contributed by atoms with E-state index in [1.165, 1.54) is 18.4 Å². The number of benzene rings is 1. The van der Waals surface area contributed by atoms with Crippen LogP contribution in [0.5, 0.6) is 0 Å². The Bertz CT molecular complexity index is 730. The lowest BCUT2D eigenvalue weighted by Gasteiger charge is -2.28. The summed E-state index contributed by atoms with van der Waals surface area (Å²) in [4.78, 5) is 12.9. The largest absolute Gasteiger partial charge is 0.273 e. The molecule has 3 heteroatoms. The van der Waals surface area contributed by atoms with Crippen molar-refractivity contribution in [3.8, 4) is 11.3 Å². The van der Waals surface area contributed by atoms with Crippen molar-refractivity contribution in [1.82, 2.24) is 9.78 Å². The van der Waals surface area contributed by atoms with Gasteiger partial charge < -0.3 is 0 Å². The maximum absolute atomic E-state index is 12.9. The van der Waals surface area contributed by atoms with E-state index in [9.17, 15) is 4.79 Å². The lowest BCUT2D eigenvalue weighted by molar-refractivity contribution is 0.0885. The molecular weight excluding hydrogens is 308 g/mol. The molecule has 134 valence electrons. The van der Waals surface area contributed by atoms with Crippen LogP contribution in [-0.2, 0) is 0 Å². The number of fused-ring (bicyclic) bond motifs is 1. The summed E-state index contributed by atoms with van der Waals surface area (Å²) in [5.74, 6) is 1.58. The van der Waals surface area contributed by atoms with Gasteiger partial charge in [0, 0.05) is 23.5 Å². The number of aromatic nitrogens is 2. The summed E-state index contributed by atoms with van der Waals surface area (Å²) in [5.41, 5.74) is 4.62. The normalized spacial score (nSPS) is 19.9. The number of hydrogen-bond donors (Lipinski definition) is 0. The molecule has 3 rings (SSSR count). The quantitative estimate of drug-likeness (QED) is 0.668. The third-order valence-electron chi connectivity index (χ3n) is 5.54. The minimum atomic E-state index is 0.129. The topological polar surface area (TPSA) is 34.9 Å². The molecule has 0 spiro atoms. The van der Waals surface area contributed by atoms with Gasteiger partial charge in [0.2, 0.25) is 5.91 Å². The minimum absolute atomic E-state index is 0.129. The van der Waals surface area contributed by atoms with E-state index in [1.54, 1.807) is 4.68 Å². The van der Waals surface area contributed by atoms with Gasteiger partial charge in [0.05, 0.1) is 11.4 Å². The SMILES string of the molecule is CCCCC(=O)n1nc2c(c1-c1ccccc1)[C@H](C)CC[C@H]2C(C)C. The molecule has 1 aromatic heterocycles. The van der Waals surface area contributed by atoms with Crippen LogP contribution in [0.4, 0.5) is 0 Å². The van der Waals surface area contributed by atoms with Crippen LogP contribution in [0.3, 0.4) is 0 Å². The van der Waals surface area contributed by atoms with E-state index in [-0.39, 0.29) is 5.91 Å². The highest BCUT2D eigenvalue weighted by atomic mass is 16.2. The van der Waals surface area contributed by atoms with Gasteiger partial charge in [-0.15, -0.1) is 0 Å². The molecule has 0 saturated carbocycles. The third kappa shape index (κ3) is 3.42. The summed E-state index contributed by atoms with van der Waals surface area (Å²) >= 11 is 0. The second kappa shape index (κ2) is 7.55. The van der Waals surface area contributed by atoms with E-state index < -0.39 is 0 Å². The lowest BCUT2D eigenvalue weighted by Crippen LogP contribution is -2.17. The third-order valence-corrected chi connectivity index (χ3v) is 5.54. The Kier molecular flexibility index (Phi) is 5.41. The van der Waals surface area contributed by atoms with Gasteiger partial charge in [0.1, 0.15) is 0 Å². The van der Waals surface area contributed by atoms with Crippen LogP contribution in [0.1, 0.15) is 87.7 Å². The van der Waals surface area contributed by atoms with Crippen molar-refractivity contribution >= 4 is 5.91 Å². The zero-order chi connectivity index (χ0) is 18.0. The van der Waals surface area contributed by atoms with Crippen LogP contribution in [0, 0.1) is 5.92 Å². The molecular formula is C22H30N2O. The first-order valence-electron chi connectivity index (χ1n) is 9.76. The Morgan fingerprint density at radius 2 is 1.96 bits per heavy atom. The first-order valence-corrected chi connectivity index (χ1v) is 9.76. The molecule has 1 heterocycles. The molecule has 0 aliphatic heterocycles. The van der Waals surface area contributed by atoms with Crippen molar-refractivity contribution in [2.75, 3.05) is 0 Å². The van der Waals surface area contributed by atoms with E-state index in [2.05, 4.69) is 39.8 Å². The Morgan fingerprint density at radius 3 is 2.60 bits per heavy atom. The van der Waals surface area contributed by atoms with Gasteiger partial charge in [-0.05, 0) is 31.1 Å². The van der Waals surface area contributed by atoms with Gasteiger partial charge in [0.25, 0.3) is 0 Å². The number of hydrogen-bond acceptors (Lipinski definition) is 2. The number of carbonyl (C=O) groups excluding carboxylic acids is 1. The van der Waals surface area contributed by atoms with Gasteiger partial charge >= 0.3 is 0 Å². The van der Waals surface area contributed by atoms with E-state index in [0.29, 0.717) is 24.2 Å². The highest BCUT2D eigenvalue weighted by molar-refractivity contribution is 5.85. The van der Waals surface area contributed by atoms with Crippen molar-refractivity contribution in [2.45, 2.75) is 71.6 Å². The molecule has 0 N–H and O–H groups in total. The predicted octanol–water partition coefficient (Wildman–Crippen LogP) is 6.02. The van der Waals surface area contributed by atoms with Crippen LogP contribution in [0.25, 0.3) is 11.3 Å². The molecule has 2 atom stereocenters. The Morgan fingerprint density at radius 1 is 1.24 bits per heavy atom. The van der Waals surface area contributed by atoms with E-state index >= 15 is 0 Å². The molecule has 2 aromatic rings.